The summed E-state index contributed by atoms with van der Waals surface area (Å²) in [5, 5.41) is 21.3. The molecule has 0 saturated heterocycles. The van der Waals surface area contributed by atoms with Gasteiger partial charge in [-0.1, -0.05) is 42.5 Å². The smallest absolute Gasteiger partial charge is 0.147 e. The van der Waals surface area contributed by atoms with Crippen molar-refractivity contribution in [1.29, 1.82) is 0 Å². The summed E-state index contributed by atoms with van der Waals surface area (Å²) in [4.78, 5) is 19.2. The first kappa shape index (κ1) is 22.5. The third-order valence-electron chi connectivity index (χ3n) is 4.71. The van der Waals surface area contributed by atoms with E-state index in [0.29, 0.717) is 6.42 Å². The van der Waals surface area contributed by atoms with Crippen LogP contribution in [0.1, 0.15) is 16.8 Å². The van der Waals surface area contributed by atoms with Crippen molar-refractivity contribution in [3.05, 3.63) is 102 Å². The van der Waals surface area contributed by atoms with Gasteiger partial charge in [-0.25, -0.2) is 9.97 Å². The normalized spacial score (nSPS) is 10.0. The number of phenolic OH excluding ortho intramolecular Hbond substituents is 2. The molecule has 1 heterocycles. The zero-order valence-electron chi connectivity index (χ0n) is 17.8. The number of benzene rings is 3. The summed E-state index contributed by atoms with van der Waals surface area (Å²) in [6.07, 6.45) is 3.72. The van der Waals surface area contributed by atoms with Gasteiger partial charge in [-0.05, 0) is 47.5 Å². The van der Waals surface area contributed by atoms with E-state index in [4.69, 9.17) is 10.1 Å². The summed E-state index contributed by atoms with van der Waals surface area (Å²) < 4.78 is 0. The Morgan fingerprint density at radius 2 is 1.47 bits per heavy atom. The molecule has 0 aliphatic rings. The number of anilines is 1. The fraction of sp³-hybridized carbons (Fsp3) is 0.115. The zero-order chi connectivity index (χ0) is 22.8. The van der Waals surface area contributed by atoms with Crippen LogP contribution in [0.4, 0.5) is 5.82 Å². The number of carbonyl (C=O) groups is 1. The molecule has 0 spiro atoms. The lowest BCUT2D eigenvalue weighted by Gasteiger charge is -2.10. The molecule has 6 heteroatoms. The molecule has 0 aliphatic heterocycles. The van der Waals surface area contributed by atoms with Crippen LogP contribution in [-0.2, 0) is 17.6 Å². The molecule has 0 saturated carbocycles. The topological polar surface area (TPSA) is 95.3 Å². The zero-order valence-corrected chi connectivity index (χ0v) is 17.8. The van der Waals surface area contributed by atoms with E-state index in [1.807, 2.05) is 37.4 Å². The van der Waals surface area contributed by atoms with Crippen molar-refractivity contribution in [2.75, 3.05) is 12.4 Å². The van der Waals surface area contributed by atoms with E-state index < -0.39 is 0 Å². The molecule has 0 bridgehead atoms. The number of nitrogens with one attached hydrogen (secondary N) is 1. The van der Waals surface area contributed by atoms with Gasteiger partial charge in [-0.2, -0.15) is 0 Å². The highest BCUT2D eigenvalue weighted by atomic mass is 16.3. The van der Waals surface area contributed by atoms with E-state index in [1.165, 1.54) is 5.56 Å². The van der Waals surface area contributed by atoms with Gasteiger partial charge >= 0.3 is 0 Å². The number of aromatic nitrogens is 2. The summed E-state index contributed by atoms with van der Waals surface area (Å²) in [5.41, 5.74) is 4.75. The Balaban J connectivity index is 0.000000243. The van der Waals surface area contributed by atoms with Crippen molar-refractivity contribution in [2.24, 2.45) is 0 Å². The Morgan fingerprint density at radius 1 is 0.844 bits per heavy atom. The van der Waals surface area contributed by atoms with Crippen molar-refractivity contribution in [3.63, 3.8) is 0 Å². The molecule has 0 radical (unpaired) electrons. The number of aromatic hydroxyl groups is 2. The largest absolute Gasteiger partial charge is 0.508 e. The van der Waals surface area contributed by atoms with Gasteiger partial charge in [-0.15, -0.1) is 0 Å². The lowest BCUT2D eigenvalue weighted by molar-refractivity contribution is -0.107. The molecule has 162 valence electrons. The molecule has 0 unspecified atom stereocenters. The quantitative estimate of drug-likeness (QED) is 0.389. The molecule has 32 heavy (non-hydrogen) atoms. The van der Waals surface area contributed by atoms with Gasteiger partial charge < -0.3 is 20.3 Å². The van der Waals surface area contributed by atoms with Crippen LogP contribution in [0.2, 0.25) is 0 Å². The molecule has 0 aliphatic carbocycles. The monoisotopic (exact) mass is 427 g/mol. The predicted molar refractivity (Wildman–Crippen MR) is 126 cm³/mol. The highest BCUT2D eigenvalue weighted by molar-refractivity contribution is 5.61. The third kappa shape index (κ3) is 6.40. The average Bonchev–Trinajstić information content (AvgIpc) is 2.82. The molecule has 6 nitrogen and oxygen atoms in total. The predicted octanol–water partition coefficient (Wildman–Crippen LogP) is 4.62. The van der Waals surface area contributed by atoms with E-state index in [2.05, 4.69) is 22.4 Å². The number of hydrogen-bond donors (Lipinski definition) is 3. The Bertz CT molecular complexity index is 1130. The van der Waals surface area contributed by atoms with E-state index >= 15 is 0 Å². The first-order chi connectivity index (χ1) is 15.6. The van der Waals surface area contributed by atoms with Crippen LogP contribution in [0.5, 0.6) is 11.5 Å². The molecule has 1 aromatic heterocycles. The molecule has 4 rings (SSSR count). The van der Waals surface area contributed by atoms with Gasteiger partial charge in [0, 0.05) is 25.5 Å². The summed E-state index contributed by atoms with van der Waals surface area (Å²) >= 11 is 0. The van der Waals surface area contributed by atoms with Crippen molar-refractivity contribution in [1.82, 2.24) is 9.97 Å². The maximum Gasteiger partial charge on any atom is 0.147 e. The number of aldehydes is 1. The Morgan fingerprint density at radius 3 is 2.06 bits per heavy atom. The van der Waals surface area contributed by atoms with Gasteiger partial charge in [0.1, 0.15) is 23.6 Å². The van der Waals surface area contributed by atoms with Crippen molar-refractivity contribution < 1.29 is 15.0 Å². The lowest BCUT2D eigenvalue weighted by atomic mass is 10.1. The SMILES string of the molecule is CNc1ncc(-c2ccc(O)cc2)nc1Cc1ccccc1.O=CCc1ccc(O)cc1. The highest BCUT2D eigenvalue weighted by Crippen LogP contribution is 2.23. The van der Waals surface area contributed by atoms with Crippen LogP contribution >= 0.6 is 0 Å². The molecule has 0 amide bonds. The van der Waals surface area contributed by atoms with Gasteiger partial charge in [0.25, 0.3) is 0 Å². The van der Waals surface area contributed by atoms with Crippen LogP contribution in [0.3, 0.4) is 0 Å². The minimum Gasteiger partial charge on any atom is -0.508 e. The van der Waals surface area contributed by atoms with Crippen LogP contribution in [0.25, 0.3) is 11.3 Å². The first-order valence-electron chi connectivity index (χ1n) is 10.2. The Labute approximate surface area is 187 Å². The first-order valence-corrected chi connectivity index (χ1v) is 10.2. The number of phenols is 2. The van der Waals surface area contributed by atoms with Crippen molar-refractivity contribution in [2.45, 2.75) is 12.8 Å². The lowest BCUT2D eigenvalue weighted by Crippen LogP contribution is -2.03. The van der Waals surface area contributed by atoms with Gasteiger partial charge in [-0.3, -0.25) is 0 Å². The second-order valence-electron chi connectivity index (χ2n) is 7.05. The molecule has 0 fully saturated rings. The maximum absolute atomic E-state index is 10.00. The number of nitrogens with zero attached hydrogens (tertiary/aromatic N) is 2. The average molecular weight is 428 g/mol. The summed E-state index contributed by atoms with van der Waals surface area (Å²) in [5.74, 6) is 1.26. The third-order valence-corrected chi connectivity index (χ3v) is 4.71. The van der Waals surface area contributed by atoms with E-state index in [1.54, 1.807) is 42.6 Å². The molecular weight excluding hydrogens is 402 g/mol. The van der Waals surface area contributed by atoms with Gasteiger partial charge in [0.05, 0.1) is 17.6 Å². The van der Waals surface area contributed by atoms with Crippen LogP contribution in [0, 0.1) is 0 Å². The molecule has 3 N–H and O–H groups in total. The minimum atomic E-state index is 0.231. The van der Waals surface area contributed by atoms with E-state index in [-0.39, 0.29) is 11.5 Å². The summed E-state index contributed by atoms with van der Waals surface area (Å²) in [6.45, 7) is 0. The second kappa shape index (κ2) is 11.3. The van der Waals surface area contributed by atoms with E-state index in [9.17, 15) is 9.90 Å². The molecular formula is C26H25N3O3. The minimum absolute atomic E-state index is 0.231. The molecule has 4 aromatic rings. The Kier molecular flexibility index (Phi) is 7.92. The van der Waals surface area contributed by atoms with Crippen LogP contribution in [-0.4, -0.2) is 33.5 Å². The van der Waals surface area contributed by atoms with Crippen LogP contribution < -0.4 is 5.32 Å². The standard InChI is InChI=1S/C18H17N3O.C8H8O2/c1-19-18-16(11-13-5-3-2-4-6-13)21-17(12-20-18)14-7-9-15(22)10-8-14;9-6-5-7-1-3-8(10)4-2-7/h2-10,12,22H,11H2,1H3,(H,19,20);1-4,6,10H,5H2. The van der Waals surface area contributed by atoms with Crippen molar-refractivity contribution >= 4 is 12.1 Å². The summed E-state index contributed by atoms with van der Waals surface area (Å²) in [7, 11) is 1.85. The highest BCUT2D eigenvalue weighted by Gasteiger charge is 2.09. The second-order valence-corrected chi connectivity index (χ2v) is 7.05. The van der Waals surface area contributed by atoms with E-state index in [0.717, 1.165) is 41.0 Å². The number of rotatable bonds is 6. The fourth-order valence-electron chi connectivity index (χ4n) is 3.05. The Hall–Kier alpha value is -4.19. The van der Waals surface area contributed by atoms with Crippen molar-refractivity contribution in [3.8, 4) is 22.8 Å². The van der Waals surface area contributed by atoms with Gasteiger partial charge in [0.15, 0.2) is 0 Å². The van der Waals surface area contributed by atoms with Gasteiger partial charge in [0.2, 0.25) is 0 Å². The maximum atomic E-state index is 10.00. The molecule has 0 atom stereocenters. The molecule has 3 aromatic carbocycles. The summed E-state index contributed by atoms with van der Waals surface area (Å²) in [6, 6.07) is 23.8. The van der Waals surface area contributed by atoms with Crippen LogP contribution in [0.15, 0.2) is 85.1 Å². The fourth-order valence-corrected chi connectivity index (χ4v) is 3.05. The number of carbonyl (C=O) groups excluding carboxylic acids is 1. The number of hydrogen-bond acceptors (Lipinski definition) is 6.